The van der Waals surface area contributed by atoms with Gasteiger partial charge in [-0.25, -0.2) is 0 Å². The number of aliphatic hydroxyl groups is 1. The van der Waals surface area contributed by atoms with Crippen LogP contribution in [0.5, 0.6) is 0 Å². The van der Waals surface area contributed by atoms with Crippen molar-refractivity contribution in [1.29, 1.82) is 0 Å². The summed E-state index contributed by atoms with van der Waals surface area (Å²) in [6, 6.07) is -0.428. The largest absolute Gasteiger partial charge is 0.417 e. The van der Waals surface area contributed by atoms with E-state index in [2.05, 4.69) is 15.5 Å². The van der Waals surface area contributed by atoms with Crippen LogP contribution < -0.4 is 5.32 Å². The molecule has 150 valence electrons. The molecule has 9 nitrogen and oxygen atoms in total. The van der Waals surface area contributed by atoms with Gasteiger partial charge >= 0.3 is 11.8 Å². The minimum atomic E-state index is -1.06. The Morgan fingerprint density at radius 2 is 2.04 bits per heavy atom. The molecule has 2 aliphatic rings. The van der Waals surface area contributed by atoms with Crippen LogP contribution in [0.2, 0.25) is 0 Å². The number of carbonyl (C=O) groups is 2. The Morgan fingerprint density at radius 1 is 1.33 bits per heavy atom. The van der Waals surface area contributed by atoms with Crippen LogP contribution in [0.1, 0.15) is 62.5 Å². The standard InChI is InChI=1S/C18H28N4O5/c1-4-5-14(23)19-13-10-26-18(11-17(13,3)25)6-8-22(9-7-18)16(24)15-21-20-12(2)27-15/h13,25H,4-11H2,1-3H3,(H,19,23)/t13-,17-/m0/s1. The Morgan fingerprint density at radius 3 is 2.59 bits per heavy atom. The lowest BCUT2D eigenvalue weighted by Gasteiger charge is -2.51. The highest BCUT2D eigenvalue weighted by Crippen LogP contribution is 2.39. The number of carbonyl (C=O) groups excluding carboxylic acids is 2. The molecule has 27 heavy (non-hydrogen) atoms. The number of nitrogens with one attached hydrogen (secondary N) is 1. The van der Waals surface area contributed by atoms with Crippen molar-refractivity contribution in [3.05, 3.63) is 11.8 Å². The van der Waals surface area contributed by atoms with Gasteiger partial charge in [-0.05, 0) is 26.2 Å². The molecule has 1 spiro atoms. The van der Waals surface area contributed by atoms with E-state index in [1.165, 1.54) is 0 Å². The highest BCUT2D eigenvalue weighted by atomic mass is 16.5. The lowest BCUT2D eigenvalue weighted by Crippen LogP contribution is -2.64. The number of hydrogen-bond acceptors (Lipinski definition) is 7. The molecular weight excluding hydrogens is 352 g/mol. The average molecular weight is 380 g/mol. The zero-order valence-electron chi connectivity index (χ0n) is 16.2. The van der Waals surface area contributed by atoms with Gasteiger partial charge in [0.1, 0.15) is 0 Å². The topological polar surface area (TPSA) is 118 Å². The van der Waals surface area contributed by atoms with Crippen LogP contribution in [-0.2, 0) is 9.53 Å². The summed E-state index contributed by atoms with van der Waals surface area (Å²) in [5.41, 5.74) is -1.55. The van der Waals surface area contributed by atoms with Gasteiger partial charge in [-0.15, -0.1) is 10.2 Å². The monoisotopic (exact) mass is 380 g/mol. The minimum Gasteiger partial charge on any atom is -0.417 e. The van der Waals surface area contributed by atoms with Gasteiger partial charge in [0.05, 0.1) is 23.9 Å². The summed E-state index contributed by atoms with van der Waals surface area (Å²) in [4.78, 5) is 26.0. The highest BCUT2D eigenvalue weighted by molar-refractivity contribution is 5.89. The van der Waals surface area contributed by atoms with Crippen molar-refractivity contribution in [3.63, 3.8) is 0 Å². The Bertz CT molecular complexity index is 694. The molecule has 2 fully saturated rings. The summed E-state index contributed by atoms with van der Waals surface area (Å²) in [5.74, 6) is 0.00341. The second kappa shape index (κ2) is 7.55. The Balaban J connectivity index is 1.58. The van der Waals surface area contributed by atoms with Gasteiger partial charge in [0.2, 0.25) is 11.8 Å². The van der Waals surface area contributed by atoms with Gasteiger partial charge in [0.25, 0.3) is 0 Å². The van der Waals surface area contributed by atoms with Crippen LogP contribution in [0.25, 0.3) is 0 Å². The van der Waals surface area contributed by atoms with Gasteiger partial charge in [-0.2, -0.15) is 0 Å². The number of likely N-dealkylation sites (tertiary alicyclic amines) is 1. The van der Waals surface area contributed by atoms with Crippen molar-refractivity contribution in [2.75, 3.05) is 19.7 Å². The molecule has 2 aliphatic heterocycles. The van der Waals surface area contributed by atoms with E-state index < -0.39 is 17.2 Å². The Hall–Kier alpha value is -2.00. The fraction of sp³-hybridized carbons (Fsp3) is 0.778. The summed E-state index contributed by atoms with van der Waals surface area (Å²) < 4.78 is 11.3. The molecule has 0 unspecified atom stereocenters. The van der Waals surface area contributed by atoms with E-state index in [1.54, 1.807) is 18.7 Å². The van der Waals surface area contributed by atoms with Crippen LogP contribution in [0.4, 0.5) is 0 Å². The maximum absolute atomic E-state index is 12.4. The second-order valence-corrected chi connectivity index (χ2v) is 7.82. The van der Waals surface area contributed by atoms with Crippen molar-refractivity contribution in [2.24, 2.45) is 0 Å². The molecule has 1 aromatic heterocycles. The van der Waals surface area contributed by atoms with Gasteiger partial charge in [-0.1, -0.05) is 6.92 Å². The van der Waals surface area contributed by atoms with E-state index in [0.29, 0.717) is 44.7 Å². The molecule has 2 amide bonds. The number of aromatic nitrogens is 2. The average Bonchev–Trinajstić information content (AvgIpc) is 3.04. The zero-order chi connectivity index (χ0) is 19.7. The normalized spacial score (nSPS) is 27.6. The fourth-order valence-electron chi connectivity index (χ4n) is 3.91. The van der Waals surface area contributed by atoms with Crippen molar-refractivity contribution >= 4 is 11.8 Å². The van der Waals surface area contributed by atoms with Gasteiger partial charge < -0.3 is 24.5 Å². The molecule has 0 bridgehead atoms. The van der Waals surface area contributed by atoms with E-state index >= 15 is 0 Å². The smallest absolute Gasteiger partial charge is 0.311 e. The first-order valence-corrected chi connectivity index (χ1v) is 9.50. The first kappa shape index (κ1) is 19.8. The third-order valence-electron chi connectivity index (χ3n) is 5.47. The van der Waals surface area contributed by atoms with Crippen molar-refractivity contribution < 1.29 is 23.8 Å². The minimum absolute atomic E-state index is 0.00119. The molecule has 9 heteroatoms. The molecule has 3 heterocycles. The van der Waals surface area contributed by atoms with Crippen LogP contribution in [0.3, 0.4) is 0 Å². The van der Waals surface area contributed by atoms with Gasteiger partial charge in [-0.3, -0.25) is 9.59 Å². The summed E-state index contributed by atoms with van der Waals surface area (Å²) in [7, 11) is 0. The number of amides is 2. The molecule has 1 aromatic rings. The predicted octanol–water partition coefficient (Wildman–Crippen LogP) is 0.809. The predicted molar refractivity (Wildman–Crippen MR) is 94.9 cm³/mol. The SMILES string of the molecule is CCCC(=O)N[C@H]1COC2(CCN(C(=O)c3nnc(C)o3)CC2)C[C@]1(C)O. The molecule has 0 saturated carbocycles. The van der Waals surface area contributed by atoms with Crippen LogP contribution in [-0.4, -0.2) is 69.0 Å². The van der Waals surface area contributed by atoms with Crippen molar-refractivity contribution in [1.82, 2.24) is 20.4 Å². The summed E-state index contributed by atoms with van der Waals surface area (Å²) in [5, 5.41) is 21.3. The van der Waals surface area contributed by atoms with Crippen LogP contribution in [0, 0.1) is 6.92 Å². The van der Waals surface area contributed by atoms with E-state index in [1.807, 2.05) is 6.92 Å². The Kier molecular flexibility index (Phi) is 5.53. The molecule has 0 radical (unpaired) electrons. The highest BCUT2D eigenvalue weighted by Gasteiger charge is 2.50. The summed E-state index contributed by atoms with van der Waals surface area (Å²) in [6.07, 6.45) is 2.83. The first-order valence-electron chi connectivity index (χ1n) is 9.50. The maximum Gasteiger partial charge on any atom is 0.311 e. The molecular formula is C18H28N4O5. The van der Waals surface area contributed by atoms with E-state index in [0.717, 1.165) is 6.42 Å². The summed E-state index contributed by atoms with van der Waals surface area (Å²) >= 11 is 0. The van der Waals surface area contributed by atoms with E-state index in [9.17, 15) is 14.7 Å². The number of ether oxygens (including phenoxy) is 1. The molecule has 0 aromatic carbocycles. The van der Waals surface area contributed by atoms with Crippen molar-refractivity contribution in [3.8, 4) is 0 Å². The third kappa shape index (κ3) is 4.30. The maximum atomic E-state index is 12.4. The fourth-order valence-corrected chi connectivity index (χ4v) is 3.91. The van der Waals surface area contributed by atoms with E-state index in [-0.39, 0.29) is 24.3 Å². The first-order chi connectivity index (χ1) is 12.7. The zero-order valence-corrected chi connectivity index (χ0v) is 16.2. The number of piperidine rings is 1. The summed E-state index contributed by atoms with van der Waals surface area (Å²) in [6.45, 7) is 6.57. The van der Waals surface area contributed by atoms with Crippen LogP contribution >= 0.6 is 0 Å². The lowest BCUT2D eigenvalue weighted by atomic mass is 9.75. The number of aryl methyl sites for hydroxylation is 1. The molecule has 2 N–H and O–H groups in total. The van der Waals surface area contributed by atoms with E-state index in [4.69, 9.17) is 9.15 Å². The molecule has 0 aliphatic carbocycles. The Labute approximate surface area is 158 Å². The van der Waals surface area contributed by atoms with Crippen LogP contribution in [0.15, 0.2) is 4.42 Å². The second-order valence-electron chi connectivity index (χ2n) is 7.82. The quantitative estimate of drug-likeness (QED) is 0.793. The van der Waals surface area contributed by atoms with Gasteiger partial charge in [0, 0.05) is 32.9 Å². The number of rotatable bonds is 4. The lowest BCUT2D eigenvalue weighted by molar-refractivity contribution is -0.187. The van der Waals surface area contributed by atoms with Crippen molar-refractivity contribution in [2.45, 2.75) is 70.1 Å². The number of nitrogens with zero attached hydrogens (tertiary/aromatic N) is 3. The molecule has 2 atom stereocenters. The third-order valence-corrected chi connectivity index (χ3v) is 5.47. The molecule has 2 saturated heterocycles. The molecule has 3 rings (SSSR count). The van der Waals surface area contributed by atoms with Gasteiger partial charge in [0.15, 0.2) is 0 Å². The number of hydrogen-bond donors (Lipinski definition) is 2.